The predicted octanol–water partition coefficient (Wildman–Crippen LogP) is 7.42. The summed E-state index contributed by atoms with van der Waals surface area (Å²) in [5.74, 6) is -0.667. The number of aromatic nitrogens is 1. The van der Waals surface area contributed by atoms with Crippen molar-refractivity contribution >= 4 is 74.6 Å². The largest absolute Gasteiger partial charge is 0.321 e. The number of hydrogen-bond donors (Lipinski definition) is 3. The van der Waals surface area contributed by atoms with Crippen LogP contribution in [-0.4, -0.2) is 28.0 Å². The van der Waals surface area contributed by atoms with E-state index in [9.17, 15) is 14.4 Å². The average Bonchev–Trinajstić information content (AvgIpc) is 2.97. The maximum absolute atomic E-state index is 13.4. The number of thioether (sulfide) groups is 1. The van der Waals surface area contributed by atoms with E-state index in [1.165, 1.54) is 18.0 Å². The Labute approximate surface area is 255 Å². The van der Waals surface area contributed by atoms with Crippen molar-refractivity contribution < 1.29 is 14.4 Å². The second kappa shape index (κ2) is 14.6. The number of benzene rings is 3. The normalized spacial score (nSPS) is 11.8. The van der Waals surface area contributed by atoms with Crippen molar-refractivity contribution in [1.29, 1.82) is 0 Å². The van der Waals surface area contributed by atoms with Crippen molar-refractivity contribution in [2.45, 2.75) is 23.5 Å². The Kier molecular flexibility index (Phi) is 10.7. The minimum absolute atomic E-state index is 0.0799. The first-order chi connectivity index (χ1) is 19.8. The molecule has 4 rings (SSSR count). The van der Waals surface area contributed by atoms with Crippen LogP contribution < -0.4 is 16.0 Å². The number of nitrogens with zero attached hydrogens (tertiary/aromatic N) is 1. The summed E-state index contributed by atoms with van der Waals surface area (Å²) in [5.41, 5.74) is 1.76. The molecule has 0 aliphatic heterocycles. The molecule has 0 radical (unpaired) electrons. The molecule has 1 aromatic heterocycles. The van der Waals surface area contributed by atoms with Crippen LogP contribution in [0.15, 0.2) is 112 Å². The van der Waals surface area contributed by atoms with Crippen LogP contribution in [0.5, 0.6) is 0 Å². The molecule has 10 heteroatoms. The Bertz CT molecular complexity index is 1570. The molecule has 0 aliphatic carbocycles. The first-order valence-electron chi connectivity index (χ1n) is 12.6. The highest BCUT2D eigenvalue weighted by atomic mass is 79.9. The van der Waals surface area contributed by atoms with E-state index in [1.807, 2.05) is 43.3 Å². The minimum atomic E-state index is -0.491. The van der Waals surface area contributed by atoms with Gasteiger partial charge < -0.3 is 16.0 Å². The highest BCUT2D eigenvalue weighted by Crippen LogP contribution is 2.29. The van der Waals surface area contributed by atoms with Gasteiger partial charge in [0.05, 0.1) is 10.3 Å². The predicted molar refractivity (Wildman–Crippen MR) is 169 cm³/mol. The summed E-state index contributed by atoms with van der Waals surface area (Å²) in [7, 11) is 0. The van der Waals surface area contributed by atoms with Crippen LogP contribution in [0.2, 0.25) is 5.02 Å². The third-order valence-electron chi connectivity index (χ3n) is 5.70. The molecule has 0 fully saturated rings. The monoisotopic (exact) mass is 648 g/mol. The van der Waals surface area contributed by atoms with Crippen molar-refractivity contribution in [2.24, 2.45) is 0 Å². The molecule has 4 aromatic rings. The van der Waals surface area contributed by atoms with Gasteiger partial charge in [-0.1, -0.05) is 70.9 Å². The van der Waals surface area contributed by atoms with Crippen molar-refractivity contribution in [1.82, 2.24) is 10.3 Å². The van der Waals surface area contributed by atoms with E-state index in [-0.39, 0.29) is 11.6 Å². The lowest BCUT2D eigenvalue weighted by atomic mass is 10.1. The van der Waals surface area contributed by atoms with E-state index in [0.29, 0.717) is 28.5 Å². The van der Waals surface area contributed by atoms with Crippen molar-refractivity contribution in [2.75, 3.05) is 10.6 Å². The molecule has 3 amide bonds. The number of amides is 3. The van der Waals surface area contributed by atoms with E-state index < -0.39 is 17.1 Å². The lowest BCUT2D eigenvalue weighted by Crippen LogP contribution is -2.30. The van der Waals surface area contributed by atoms with Gasteiger partial charge in [0.25, 0.3) is 11.8 Å². The number of anilines is 2. The number of rotatable bonds is 10. The number of carbonyl (C=O) groups excluding carboxylic acids is 3. The summed E-state index contributed by atoms with van der Waals surface area (Å²) < 4.78 is 0.839. The molecule has 1 atom stereocenters. The van der Waals surface area contributed by atoms with E-state index in [4.69, 9.17) is 11.6 Å². The third-order valence-corrected chi connectivity index (χ3v) is 7.78. The lowest BCUT2D eigenvalue weighted by Gasteiger charge is -2.15. The Balaban J connectivity index is 1.49. The van der Waals surface area contributed by atoms with Crippen LogP contribution in [0.4, 0.5) is 11.5 Å². The molecule has 0 saturated carbocycles. The number of halogens is 2. The Morgan fingerprint density at radius 3 is 2.44 bits per heavy atom. The Hall–Kier alpha value is -3.92. The fraction of sp³-hybridized carbons (Fsp3) is 0.0968. The van der Waals surface area contributed by atoms with Crippen LogP contribution in [0.3, 0.4) is 0 Å². The minimum Gasteiger partial charge on any atom is -0.321 e. The summed E-state index contributed by atoms with van der Waals surface area (Å²) in [6, 6.07) is 26.6. The summed E-state index contributed by atoms with van der Waals surface area (Å²) in [6.07, 6.45) is 3.66. The van der Waals surface area contributed by atoms with Gasteiger partial charge in [-0.3, -0.25) is 14.4 Å². The van der Waals surface area contributed by atoms with E-state index in [2.05, 4.69) is 36.9 Å². The van der Waals surface area contributed by atoms with E-state index >= 15 is 0 Å². The molecule has 1 heterocycles. The van der Waals surface area contributed by atoms with Gasteiger partial charge in [-0.05, 0) is 72.7 Å². The maximum Gasteiger partial charge on any atom is 0.272 e. The van der Waals surface area contributed by atoms with Gasteiger partial charge in [-0.2, -0.15) is 0 Å². The molecule has 0 bridgehead atoms. The summed E-state index contributed by atoms with van der Waals surface area (Å²) in [4.78, 5) is 44.1. The molecule has 0 saturated heterocycles. The highest BCUT2D eigenvalue weighted by Gasteiger charge is 2.20. The van der Waals surface area contributed by atoms with Crippen molar-refractivity contribution in [3.63, 3.8) is 0 Å². The molecule has 1 unspecified atom stereocenters. The average molecular weight is 650 g/mol. The fourth-order valence-electron chi connectivity index (χ4n) is 3.69. The molecule has 208 valence electrons. The molecule has 3 aromatic carbocycles. The third kappa shape index (κ3) is 9.04. The molecular formula is C31H26BrClN4O3S. The number of hydrogen-bond acceptors (Lipinski definition) is 5. The number of nitrogens with one attached hydrogen (secondary N) is 3. The van der Waals surface area contributed by atoms with Crippen LogP contribution in [-0.2, 0) is 9.59 Å². The zero-order chi connectivity index (χ0) is 29.2. The standard InChI is InChI=1S/C31H26BrClN4O3S/c1-2-27(31(40)37-28-15-14-23(33)19-34-28)41-25-13-7-12-24(18-25)35-30(39)26(17-20-8-6-11-22(32)16-20)36-29(38)21-9-4-3-5-10-21/h3-19,27H,2H2,1H3,(H,35,39)(H,36,38)(H,34,37,40)/b26-17+. The quantitative estimate of drug-likeness (QED) is 0.123. The van der Waals surface area contributed by atoms with Gasteiger partial charge in [-0.15, -0.1) is 11.8 Å². The van der Waals surface area contributed by atoms with Gasteiger partial charge in [0, 0.05) is 26.8 Å². The number of pyridine rings is 1. The molecule has 3 N–H and O–H groups in total. The second-order valence-corrected chi connectivity index (χ2v) is 11.4. The van der Waals surface area contributed by atoms with Crippen molar-refractivity contribution in [3.05, 3.63) is 124 Å². The van der Waals surface area contributed by atoms with E-state index in [1.54, 1.807) is 60.7 Å². The van der Waals surface area contributed by atoms with Crippen LogP contribution in [0, 0.1) is 0 Å². The Morgan fingerprint density at radius 2 is 1.73 bits per heavy atom. The molecule has 7 nitrogen and oxygen atoms in total. The first-order valence-corrected chi connectivity index (χ1v) is 14.7. The summed E-state index contributed by atoms with van der Waals surface area (Å²) >= 11 is 10.7. The second-order valence-electron chi connectivity index (χ2n) is 8.78. The van der Waals surface area contributed by atoms with Gasteiger partial charge in [0.1, 0.15) is 11.5 Å². The molecule has 0 spiro atoms. The van der Waals surface area contributed by atoms with Gasteiger partial charge >= 0.3 is 0 Å². The highest BCUT2D eigenvalue weighted by molar-refractivity contribution is 9.10. The van der Waals surface area contributed by atoms with Gasteiger partial charge in [-0.25, -0.2) is 4.98 Å². The number of carbonyl (C=O) groups is 3. The van der Waals surface area contributed by atoms with Crippen LogP contribution >= 0.6 is 39.3 Å². The molecule has 41 heavy (non-hydrogen) atoms. The molecular weight excluding hydrogens is 624 g/mol. The smallest absolute Gasteiger partial charge is 0.272 e. The Morgan fingerprint density at radius 1 is 0.951 bits per heavy atom. The van der Waals surface area contributed by atoms with Crippen LogP contribution in [0.1, 0.15) is 29.3 Å². The van der Waals surface area contributed by atoms with Gasteiger partial charge in [0.2, 0.25) is 5.91 Å². The van der Waals surface area contributed by atoms with Gasteiger partial charge in [0.15, 0.2) is 0 Å². The lowest BCUT2D eigenvalue weighted by molar-refractivity contribution is -0.116. The zero-order valence-electron chi connectivity index (χ0n) is 21.9. The SMILES string of the molecule is CCC(Sc1cccc(NC(=O)/C(=C\c2cccc(Br)c2)NC(=O)c2ccccc2)c1)C(=O)Nc1ccc(Cl)cn1. The summed E-state index contributed by atoms with van der Waals surface area (Å²) in [5, 5.41) is 8.51. The topological polar surface area (TPSA) is 100 Å². The zero-order valence-corrected chi connectivity index (χ0v) is 25.1. The van der Waals surface area contributed by atoms with Crippen molar-refractivity contribution in [3.8, 4) is 0 Å². The fourth-order valence-corrected chi connectivity index (χ4v) is 5.24. The maximum atomic E-state index is 13.4. The first kappa shape index (κ1) is 30.0. The van der Waals surface area contributed by atoms with Crippen LogP contribution in [0.25, 0.3) is 6.08 Å². The summed E-state index contributed by atoms with van der Waals surface area (Å²) in [6.45, 7) is 1.92. The molecule has 0 aliphatic rings. The van der Waals surface area contributed by atoms with E-state index in [0.717, 1.165) is 14.9 Å².